The first-order chi connectivity index (χ1) is 12.1. The van der Waals surface area contributed by atoms with E-state index in [1.165, 1.54) is 6.26 Å². The molecule has 0 saturated heterocycles. The third-order valence-corrected chi connectivity index (χ3v) is 5.17. The van der Waals surface area contributed by atoms with Crippen molar-refractivity contribution in [3.8, 4) is 0 Å². The number of rotatable bonds is 7. The summed E-state index contributed by atoms with van der Waals surface area (Å²) in [5.41, 5.74) is 1.07. The summed E-state index contributed by atoms with van der Waals surface area (Å²) >= 11 is 0. The fraction of sp³-hybridized carbons (Fsp3) is 0.588. The second-order valence-electron chi connectivity index (χ2n) is 6.21. The van der Waals surface area contributed by atoms with Crippen LogP contribution in [-0.4, -0.2) is 45.3 Å². The van der Waals surface area contributed by atoms with E-state index in [1.807, 2.05) is 0 Å². The minimum atomic E-state index is -1.29. The fourth-order valence-corrected chi connectivity index (χ4v) is 3.65. The molecule has 7 nitrogen and oxygen atoms in total. The van der Waals surface area contributed by atoms with Gasteiger partial charge >= 0.3 is 0 Å². The number of hydrogen-bond donors (Lipinski definition) is 0. The van der Waals surface area contributed by atoms with Crippen LogP contribution in [-0.2, 0) is 26.9 Å². The minimum Gasteiger partial charge on any atom is -0.382 e. The van der Waals surface area contributed by atoms with Crippen molar-refractivity contribution in [1.29, 1.82) is 0 Å². The molecule has 1 unspecified atom stereocenters. The van der Waals surface area contributed by atoms with Gasteiger partial charge in [-0.2, -0.15) is 0 Å². The van der Waals surface area contributed by atoms with Crippen LogP contribution in [0.25, 0.3) is 11.0 Å². The predicted molar refractivity (Wildman–Crippen MR) is 95.2 cm³/mol. The van der Waals surface area contributed by atoms with Crippen LogP contribution in [0.1, 0.15) is 37.3 Å². The zero-order valence-electron chi connectivity index (χ0n) is 14.6. The predicted octanol–water partition coefficient (Wildman–Crippen LogP) is 1.81. The molecule has 0 aliphatic heterocycles. The molecule has 0 aromatic carbocycles. The van der Waals surface area contributed by atoms with Crippen LogP contribution in [0.4, 0.5) is 0 Å². The Kier molecular flexibility index (Phi) is 5.93. The summed E-state index contributed by atoms with van der Waals surface area (Å²) in [6.45, 7) is 1.15. The summed E-state index contributed by atoms with van der Waals surface area (Å²) in [6.07, 6.45) is 7.30. The van der Waals surface area contributed by atoms with Gasteiger partial charge in [0.2, 0.25) is 5.16 Å². The molecule has 2 aromatic heterocycles. The van der Waals surface area contributed by atoms with Crippen LogP contribution in [0.5, 0.6) is 0 Å². The topological polar surface area (TPSA) is 83.3 Å². The van der Waals surface area contributed by atoms with E-state index in [1.54, 1.807) is 23.9 Å². The molecule has 25 heavy (non-hydrogen) atoms. The molecule has 1 atom stereocenters. The Bertz CT molecular complexity index is 830. The van der Waals surface area contributed by atoms with Gasteiger partial charge in [0, 0.05) is 36.6 Å². The maximum Gasteiger partial charge on any atom is 0.258 e. The number of fused-ring (bicyclic) bond motifs is 1. The molecule has 1 fully saturated rings. The first-order valence-corrected chi connectivity index (χ1v) is 9.99. The summed E-state index contributed by atoms with van der Waals surface area (Å²) < 4.78 is 24.0. The standard InChI is InChI=1S/C17H23N3O4S/c1-23-7-8-24-11-13-9-12-10-18-17(25(2)22)19-15(12)20(16(13)21)14-5-3-4-6-14/h9-10,14H,3-8,11H2,1-2H3. The lowest BCUT2D eigenvalue weighted by atomic mass is 10.2. The maximum atomic E-state index is 13.0. The average molecular weight is 365 g/mol. The summed E-state index contributed by atoms with van der Waals surface area (Å²) in [4.78, 5) is 21.6. The van der Waals surface area contributed by atoms with Gasteiger partial charge in [0.25, 0.3) is 5.56 Å². The molecule has 1 aliphatic rings. The number of aromatic nitrogens is 3. The summed E-state index contributed by atoms with van der Waals surface area (Å²) in [7, 11) is 0.320. The number of nitrogens with zero attached hydrogens (tertiary/aromatic N) is 3. The Labute approximate surface area is 148 Å². The maximum absolute atomic E-state index is 13.0. The molecule has 3 rings (SSSR count). The Hall–Kier alpha value is -1.64. The lowest BCUT2D eigenvalue weighted by Gasteiger charge is -2.18. The van der Waals surface area contributed by atoms with Gasteiger partial charge in [-0.05, 0) is 18.9 Å². The summed E-state index contributed by atoms with van der Waals surface area (Å²) in [5, 5.41) is 1.02. The Balaban J connectivity index is 2.07. The minimum absolute atomic E-state index is 0.0802. The van der Waals surface area contributed by atoms with Crippen molar-refractivity contribution in [2.24, 2.45) is 0 Å². The quantitative estimate of drug-likeness (QED) is 0.550. The Morgan fingerprint density at radius 3 is 2.76 bits per heavy atom. The van der Waals surface area contributed by atoms with Crippen molar-refractivity contribution in [1.82, 2.24) is 14.5 Å². The normalized spacial score (nSPS) is 16.6. The average Bonchev–Trinajstić information content (AvgIpc) is 3.12. The van der Waals surface area contributed by atoms with Gasteiger partial charge in [-0.25, -0.2) is 9.97 Å². The third kappa shape index (κ3) is 3.96. The number of hydrogen-bond acceptors (Lipinski definition) is 6. The summed E-state index contributed by atoms with van der Waals surface area (Å²) in [6, 6.07) is 1.90. The van der Waals surface area contributed by atoms with E-state index < -0.39 is 10.8 Å². The van der Waals surface area contributed by atoms with Gasteiger partial charge in [0.15, 0.2) is 0 Å². The molecule has 0 amide bonds. The Morgan fingerprint density at radius 1 is 1.32 bits per heavy atom. The van der Waals surface area contributed by atoms with E-state index in [0.29, 0.717) is 24.4 Å². The SMILES string of the molecule is COCCOCc1cc2cnc(S(C)=O)nc2n(C2CCCC2)c1=O. The van der Waals surface area contributed by atoms with Crippen molar-refractivity contribution in [3.63, 3.8) is 0 Å². The Morgan fingerprint density at radius 2 is 2.08 bits per heavy atom. The van der Waals surface area contributed by atoms with Crippen LogP contribution in [0.2, 0.25) is 0 Å². The van der Waals surface area contributed by atoms with Crippen molar-refractivity contribution in [2.45, 2.75) is 43.5 Å². The van der Waals surface area contributed by atoms with Gasteiger partial charge in [0.1, 0.15) is 5.65 Å². The van der Waals surface area contributed by atoms with E-state index in [0.717, 1.165) is 31.1 Å². The molecule has 136 valence electrons. The largest absolute Gasteiger partial charge is 0.382 e. The third-order valence-electron chi connectivity index (χ3n) is 4.46. The smallest absolute Gasteiger partial charge is 0.258 e. The first-order valence-electron chi connectivity index (χ1n) is 8.43. The van der Waals surface area contributed by atoms with E-state index in [-0.39, 0.29) is 23.4 Å². The van der Waals surface area contributed by atoms with Crippen molar-refractivity contribution < 1.29 is 13.7 Å². The molecule has 1 aliphatic carbocycles. The van der Waals surface area contributed by atoms with E-state index in [9.17, 15) is 9.00 Å². The molecule has 0 bridgehead atoms. The molecule has 0 N–H and O–H groups in total. The van der Waals surface area contributed by atoms with Crippen LogP contribution in [0, 0.1) is 0 Å². The van der Waals surface area contributed by atoms with Gasteiger partial charge in [0.05, 0.1) is 30.6 Å². The fourth-order valence-electron chi connectivity index (χ4n) is 3.23. The first kappa shape index (κ1) is 18.2. The zero-order valence-corrected chi connectivity index (χ0v) is 15.4. The number of methoxy groups -OCH3 is 1. The highest BCUT2D eigenvalue weighted by Gasteiger charge is 2.23. The monoisotopic (exact) mass is 365 g/mol. The molecule has 1 saturated carbocycles. The van der Waals surface area contributed by atoms with Gasteiger partial charge in [-0.15, -0.1) is 0 Å². The second-order valence-corrected chi connectivity index (χ2v) is 7.49. The molecular weight excluding hydrogens is 342 g/mol. The molecule has 2 aromatic rings. The second kappa shape index (κ2) is 8.16. The molecule has 2 heterocycles. The lowest BCUT2D eigenvalue weighted by molar-refractivity contribution is 0.0610. The zero-order chi connectivity index (χ0) is 17.8. The van der Waals surface area contributed by atoms with Crippen molar-refractivity contribution >= 4 is 21.8 Å². The van der Waals surface area contributed by atoms with E-state index in [2.05, 4.69) is 9.97 Å². The van der Waals surface area contributed by atoms with Crippen molar-refractivity contribution in [2.75, 3.05) is 26.6 Å². The van der Waals surface area contributed by atoms with Gasteiger partial charge in [-0.3, -0.25) is 13.6 Å². The van der Waals surface area contributed by atoms with Crippen LogP contribution in [0.3, 0.4) is 0 Å². The number of pyridine rings is 1. The van der Waals surface area contributed by atoms with Gasteiger partial charge < -0.3 is 9.47 Å². The van der Waals surface area contributed by atoms with Crippen LogP contribution < -0.4 is 5.56 Å². The highest BCUT2D eigenvalue weighted by atomic mass is 32.2. The van der Waals surface area contributed by atoms with E-state index >= 15 is 0 Å². The molecule has 0 radical (unpaired) electrons. The lowest BCUT2D eigenvalue weighted by Crippen LogP contribution is -2.28. The highest BCUT2D eigenvalue weighted by Crippen LogP contribution is 2.30. The molecule has 8 heteroatoms. The van der Waals surface area contributed by atoms with Crippen LogP contribution in [0.15, 0.2) is 22.2 Å². The highest BCUT2D eigenvalue weighted by molar-refractivity contribution is 7.84. The molecule has 0 spiro atoms. The van der Waals surface area contributed by atoms with Crippen LogP contribution >= 0.6 is 0 Å². The van der Waals surface area contributed by atoms with E-state index in [4.69, 9.17) is 9.47 Å². The molecular formula is C17H23N3O4S. The van der Waals surface area contributed by atoms with Crippen molar-refractivity contribution in [3.05, 3.63) is 28.2 Å². The summed E-state index contributed by atoms with van der Waals surface area (Å²) in [5.74, 6) is 0. The van der Waals surface area contributed by atoms with Gasteiger partial charge in [-0.1, -0.05) is 12.8 Å². The number of ether oxygens (including phenoxy) is 2.